The van der Waals surface area contributed by atoms with Crippen LogP contribution in [0.15, 0.2) is 54.3 Å². The van der Waals surface area contributed by atoms with E-state index in [9.17, 15) is 0 Å². The van der Waals surface area contributed by atoms with E-state index in [2.05, 4.69) is 63.7 Å². The summed E-state index contributed by atoms with van der Waals surface area (Å²) >= 11 is 13.7. The standard InChI is InChI=1S/C12H6Br4O/c13-7-1-3-8(4-2-7)17-12-6-10(15)9(14)5-11(12)16/h1-6H. The molecule has 0 radical (unpaired) electrons. The minimum atomic E-state index is 0.766. The van der Waals surface area contributed by atoms with Crippen molar-refractivity contribution in [3.63, 3.8) is 0 Å². The van der Waals surface area contributed by atoms with Crippen LogP contribution in [0.25, 0.3) is 0 Å². The van der Waals surface area contributed by atoms with Gasteiger partial charge in [0.15, 0.2) is 0 Å². The fourth-order valence-electron chi connectivity index (χ4n) is 1.21. The molecule has 2 aromatic rings. The van der Waals surface area contributed by atoms with Crippen molar-refractivity contribution in [1.82, 2.24) is 0 Å². The summed E-state index contributed by atoms with van der Waals surface area (Å²) in [6.07, 6.45) is 0. The monoisotopic (exact) mass is 482 g/mol. The first-order valence-electron chi connectivity index (χ1n) is 4.64. The number of benzene rings is 2. The Morgan fingerprint density at radius 1 is 0.706 bits per heavy atom. The van der Waals surface area contributed by atoms with Crippen molar-refractivity contribution in [3.05, 3.63) is 54.3 Å². The minimum absolute atomic E-state index is 0.766. The molecule has 5 heteroatoms. The van der Waals surface area contributed by atoms with Gasteiger partial charge >= 0.3 is 0 Å². The van der Waals surface area contributed by atoms with Crippen molar-refractivity contribution in [2.45, 2.75) is 0 Å². The third-order valence-corrected chi connectivity index (χ3v) is 5.01. The molecule has 0 bridgehead atoms. The van der Waals surface area contributed by atoms with Crippen LogP contribution in [-0.2, 0) is 0 Å². The SMILES string of the molecule is Brc1ccc(Oc2cc(Br)c(Br)cc2Br)cc1. The fraction of sp³-hybridized carbons (Fsp3) is 0. The average molecular weight is 486 g/mol. The number of hydrogen-bond acceptors (Lipinski definition) is 1. The highest BCUT2D eigenvalue weighted by molar-refractivity contribution is 9.13. The Morgan fingerprint density at radius 2 is 1.29 bits per heavy atom. The lowest BCUT2D eigenvalue weighted by Gasteiger charge is -2.09. The molecule has 0 atom stereocenters. The van der Waals surface area contributed by atoms with E-state index in [1.54, 1.807) is 0 Å². The Balaban J connectivity index is 2.30. The van der Waals surface area contributed by atoms with Crippen molar-refractivity contribution in [2.24, 2.45) is 0 Å². The van der Waals surface area contributed by atoms with Crippen LogP contribution in [-0.4, -0.2) is 0 Å². The van der Waals surface area contributed by atoms with Crippen molar-refractivity contribution in [2.75, 3.05) is 0 Å². The van der Waals surface area contributed by atoms with Crippen molar-refractivity contribution < 1.29 is 4.74 Å². The summed E-state index contributed by atoms with van der Waals surface area (Å²) in [6, 6.07) is 11.6. The Labute approximate surface area is 133 Å². The van der Waals surface area contributed by atoms with Crippen molar-refractivity contribution in [3.8, 4) is 11.5 Å². The second kappa shape index (κ2) is 5.87. The molecular formula is C12H6Br4O. The van der Waals surface area contributed by atoms with Gasteiger partial charge in [0.25, 0.3) is 0 Å². The van der Waals surface area contributed by atoms with Crippen LogP contribution in [0.4, 0.5) is 0 Å². The Kier molecular flexibility index (Phi) is 4.69. The van der Waals surface area contributed by atoms with E-state index in [1.807, 2.05) is 36.4 Å². The van der Waals surface area contributed by atoms with E-state index in [0.29, 0.717) is 0 Å². The van der Waals surface area contributed by atoms with Gasteiger partial charge in [-0.2, -0.15) is 0 Å². The molecular weight excluding hydrogens is 480 g/mol. The van der Waals surface area contributed by atoms with Crippen molar-refractivity contribution in [1.29, 1.82) is 0 Å². The van der Waals surface area contributed by atoms with E-state index in [-0.39, 0.29) is 0 Å². The lowest BCUT2D eigenvalue weighted by molar-refractivity contribution is 0.479. The van der Waals surface area contributed by atoms with E-state index in [0.717, 1.165) is 29.4 Å². The highest BCUT2D eigenvalue weighted by Gasteiger charge is 2.07. The lowest BCUT2D eigenvalue weighted by Crippen LogP contribution is -1.86. The summed E-state index contributed by atoms with van der Waals surface area (Å²) in [4.78, 5) is 0. The summed E-state index contributed by atoms with van der Waals surface area (Å²) in [7, 11) is 0. The molecule has 0 aromatic heterocycles. The van der Waals surface area contributed by atoms with Gasteiger partial charge in [0.1, 0.15) is 11.5 Å². The zero-order valence-electron chi connectivity index (χ0n) is 8.38. The minimum Gasteiger partial charge on any atom is -0.456 e. The van der Waals surface area contributed by atoms with E-state index >= 15 is 0 Å². The van der Waals surface area contributed by atoms with Gasteiger partial charge in [-0.05, 0) is 84.2 Å². The van der Waals surface area contributed by atoms with Gasteiger partial charge in [-0.15, -0.1) is 0 Å². The molecule has 0 spiro atoms. The zero-order valence-corrected chi connectivity index (χ0v) is 14.7. The first-order valence-corrected chi connectivity index (χ1v) is 7.81. The van der Waals surface area contributed by atoms with Gasteiger partial charge in [-0.25, -0.2) is 0 Å². The van der Waals surface area contributed by atoms with Gasteiger partial charge in [0.2, 0.25) is 0 Å². The lowest BCUT2D eigenvalue weighted by atomic mass is 10.3. The molecule has 0 amide bonds. The van der Waals surface area contributed by atoms with Gasteiger partial charge in [0.05, 0.1) is 4.47 Å². The largest absolute Gasteiger partial charge is 0.456 e. The summed E-state index contributed by atoms with van der Waals surface area (Å²) in [6.45, 7) is 0. The predicted octanol–water partition coefficient (Wildman–Crippen LogP) is 6.53. The Morgan fingerprint density at radius 3 is 1.94 bits per heavy atom. The summed E-state index contributed by atoms with van der Waals surface area (Å²) in [5.41, 5.74) is 0. The van der Waals surface area contributed by atoms with Crippen molar-refractivity contribution >= 4 is 63.7 Å². The molecule has 0 N–H and O–H groups in total. The molecule has 0 aliphatic heterocycles. The highest BCUT2D eigenvalue weighted by Crippen LogP contribution is 2.37. The molecule has 17 heavy (non-hydrogen) atoms. The van der Waals surface area contributed by atoms with Crippen LogP contribution in [0.3, 0.4) is 0 Å². The topological polar surface area (TPSA) is 9.23 Å². The third kappa shape index (κ3) is 3.56. The maximum Gasteiger partial charge on any atom is 0.142 e. The molecule has 2 aromatic carbocycles. The van der Waals surface area contributed by atoms with Gasteiger partial charge in [0, 0.05) is 13.4 Å². The first kappa shape index (κ1) is 13.6. The predicted molar refractivity (Wildman–Crippen MR) is 83.8 cm³/mol. The van der Waals surface area contributed by atoms with Gasteiger partial charge in [-0.1, -0.05) is 15.9 Å². The molecule has 0 saturated heterocycles. The molecule has 0 heterocycles. The second-order valence-corrected chi connectivity index (χ2v) is 6.73. The molecule has 0 aliphatic rings. The normalized spacial score (nSPS) is 10.4. The molecule has 2 rings (SSSR count). The number of halogens is 4. The average Bonchev–Trinajstić information content (AvgIpc) is 2.29. The third-order valence-electron chi connectivity index (χ3n) is 2.02. The summed E-state index contributed by atoms with van der Waals surface area (Å²) in [5.74, 6) is 1.56. The van der Waals surface area contributed by atoms with E-state index in [4.69, 9.17) is 4.74 Å². The van der Waals surface area contributed by atoms with Gasteiger partial charge in [-0.3, -0.25) is 0 Å². The number of rotatable bonds is 2. The van der Waals surface area contributed by atoms with Crippen LogP contribution in [0.5, 0.6) is 11.5 Å². The molecule has 0 aliphatic carbocycles. The molecule has 0 unspecified atom stereocenters. The number of hydrogen-bond donors (Lipinski definition) is 0. The Bertz CT molecular complexity index is 537. The molecule has 0 fully saturated rings. The van der Waals surface area contributed by atoms with Crippen LogP contribution in [0.1, 0.15) is 0 Å². The Hall–Kier alpha value is 0.160. The summed E-state index contributed by atoms with van der Waals surface area (Å²) < 4.78 is 9.64. The van der Waals surface area contributed by atoms with Gasteiger partial charge < -0.3 is 4.74 Å². The molecule has 88 valence electrons. The summed E-state index contributed by atoms with van der Waals surface area (Å²) in [5, 5.41) is 0. The van der Waals surface area contributed by atoms with Crippen LogP contribution < -0.4 is 4.74 Å². The maximum absolute atomic E-state index is 5.78. The smallest absolute Gasteiger partial charge is 0.142 e. The zero-order chi connectivity index (χ0) is 12.4. The first-order chi connectivity index (χ1) is 8.06. The van der Waals surface area contributed by atoms with E-state index in [1.165, 1.54) is 0 Å². The maximum atomic E-state index is 5.78. The quantitative estimate of drug-likeness (QED) is 0.440. The fourth-order valence-corrected chi connectivity index (χ4v) is 2.87. The second-order valence-electron chi connectivity index (χ2n) is 3.25. The van der Waals surface area contributed by atoms with Crippen LogP contribution in [0, 0.1) is 0 Å². The highest BCUT2D eigenvalue weighted by atomic mass is 79.9. The van der Waals surface area contributed by atoms with Crippen LogP contribution >= 0.6 is 63.7 Å². The molecule has 1 nitrogen and oxygen atoms in total. The molecule has 0 saturated carbocycles. The van der Waals surface area contributed by atoms with E-state index < -0.39 is 0 Å². The van der Waals surface area contributed by atoms with Crippen LogP contribution in [0.2, 0.25) is 0 Å². The number of ether oxygens (including phenoxy) is 1.